The number of hydrogen-bond donors (Lipinski definition) is 0. The molecule has 1 saturated carbocycles. The molecular weight excluding hydrogens is 134 g/mol. The first kappa shape index (κ1) is 7.60. The molecule has 0 radical (unpaired) electrons. The van der Waals surface area contributed by atoms with Gasteiger partial charge in [0.25, 0.3) is 0 Å². The van der Waals surface area contributed by atoms with E-state index in [-0.39, 0.29) is 0 Å². The van der Waals surface area contributed by atoms with E-state index in [1.165, 1.54) is 25.8 Å². The summed E-state index contributed by atoms with van der Waals surface area (Å²) < 4.78 is 0. The predicted molar refractivity (Wildman–Crippen MR) is 47.6 cm³/mol. The molecule has 0 spiro atoms. The minimum atomic E-state index is 0.638. The standard InChI is InChI=1S/C10H19N/c1-8-5-4-6-11(8)9-7-10(9,2)3/h8-9H,4-7H2,1-3H3. The Morgan fingerprint density at radius 1 is 1.36 bits per heavy atom. The van der Waals surface area contributed by atoms with Crippen LogP contribution < -0.4 is 0 Å². The predicted octanol–water partition coefficient (Wildman–Crippen LogP) is 2.27. The van der Waals surface area contributed by atoms with Crippen molar-refractivity contribution in [3.8, 4) is 0 Å². The third-order valence-corrected chi connectivity index (χ3v) is 3.47. The Kier molecular flexibility index (Phi) is 1.54. The molecule has 1 nitrogen and oxygen atoms in total. The highest BCUT2D eigenvalue weighted by molar-refractivity contribution is 5.05. The van der Waals surface area contributed by atoms with E-state index in [1.807, 2.05) is 0 Å². The van der Waals surface area contributed by atoms with E-state index in [2.05, 4.69) is 25.7 Å². The summed E-state index contributed by atoms with van der Waals surface area (Å²) >= 11 is 0. The van der Waals surface area contributed by atoms with Gasteiger partial charge in [-0.15, -0.1) is 0 Å². The monoisotopic (exact) mass is 153 g/mol. The van der Waals surface area contributed by atoms with Crippen molar-refractivity contribution in [2.75, 3.05) is 6.54 Å². The van der Waals surface area contributed by atoms with E-state index in [1.54, 1.807) is 0 Å². The van der Waals surface area contributed by atoms with E-state index in [4.69, 9.17) is 0 Å². The van der Waals surface area contributed by atoms with Gasteiger partial charge in [0, 0.05) is 12.1 Å². The van der Waals surface area contributed by atoms with Crippen LogP contribution in [0.5, 0.6) is 0 Å². The summed E-state index contributed by atoms with van der Waals surface area (Å²) in [5.41, 5.74) is 0.638. The Morgan fingerprint density at radius 2 is 2.00 bits per heavy atom. The van der Waals surface area contributed by atoms with Crippen LogP contribution in [-0.2, 0) is 0 Å². The van der Waals surface area contributed by atoms with Crippen LogP contribution in [0.3, 0.4) is 0 Å². The van der Waals surface area contributed by atoms with Crippen LogP contribution in [0.4, 0.5) is 0 Å². The fraction of sp³-hybridized carbons (Fsp3) is 1.00. The van der Waals surface area contributed by atoms with Crippen LogP contribution in [0.15, 0.2) is 0 Å². The Bertz CT molecular complexity index is 162. The molecule has 2 atom stereocenters. The van der Waals surface area contributed by atoms with Gasteiger partial charge in [-0.1, -0.05) is 13.8 Å². The van der Waals surface area contributed by atoms with Crippen molar-refractivity contribution in [2.45, 2.75) is 52.1 Å². The molecule has 1 aliphatic heterocycles. The second-order valence-electron chi connectivity index (χ2n) is 4.94. The SMILES string of the molecule is CC1CCCN1C1CC1(C)C. The maximum Gasteiger partial charge on any atom is 0.0155 e. The molecule has 2 unspecified atom stereocenters. The first-order valence-electron chi connectivity index (χ1n) is 4.87. The average Bonchev–Trinajstić information content (AvgIpc) is 2.38. The maximum absolute atomic E-state index is 2.71. The molecule has 1 heterocycles. The lowest BCUT2D eigenvalue weighted by molar-refractivity contribution is 0.230. The third-order valence-electron chi connectivity index (χ3n) is 3.47. The summed E-state index contributed by atoms with van der Waals surface area (Å²) in [6.07, 6.45) is 4.28. The second-order valence-corrected chi connectivity index (χ2v) is 4.94. The molecule has 0 amide bonds. The molecule has 1 heteroatoms. The average molecular weight is 153 g/mol. The molecule has 0 bridgehead atoms. The van der Waals surface area contributed by atoms with Crippen molar-refractivity contribution in [3.63, 3.8) is 0 Å². The van der Waals surface area contributed by atoms with Crippen LogP contribution in [0, 0.1) is 5.41 Å². The topological polar surface area (TPSA) is 3.24 Å². The van der Waals surface area contributed by atoms with E-state index in [0.717, 1.165) is 12.1 Å². The minimum Gasteiger partial charge on any atom is -0.297 e. The van der Waals surface area contributed by atoms with Crippen molar-refractivity contribution in [1.29, 1.82) is 0 Å². The number of likely N-dealkylation sites (tertiary alicyclic amines) is 1. The molecule has 2 aliphatic rings. The largest absolute Gasteiger partial charge is 0.297 e. The highest BCUT2D eigenvalue weighted by atomic mass is 15.2. The molecule has 0 aromatic carbocycles. The smallest absolute Gasteiger partial charge is 0.0155 e. The maximum atomic E-state index is 2.71. The van der Waals surface area contributed by atoms with Crippen LogP contribution in [-0.4, -0.2) is 23.5 Å². The van der Waals surface area contributed by atoms with Gasteiger partial charge in [0.1, 0.15) is 0 Å². The van der Waals surface area contributed by atoms with Crippen molar-refractivity contribution < 1.29 is 0 Å². The Morgan fingerprint density at radius 3 is 2.36 bits per heavy atom. The van der Waals surface area contributed by atoms with Gasteiger partial charge in [0.05, 0.1) is 0 Å². The van der Waals surface area contributed by atoms with Gasteiger partial charge in [-0.3, -0.25) is 4.90 Å². The molecule has 1 aliphatic carbocycles. The van der Waals surface area contributed by atoms with Gasteiger partial charge >= 0.3 is 0 Å². The summed E-state index contributed by atoms with van der Waals surface area (Å²) in [5, 5.41) is 0. The van der Waals surface area contributed by atoms with E-state index < -0.39 is 0 Å². The molecule has 0 N–H and O–H groups in total. The van der Waals surface area contributed by atoms with Crippen LogP contribution in [0.1, 0.15) is 40.0 Å². The summed E-state index contributed by atoms with van der Waals surface area (Å²) in [6, 6.07) is 1.78. The number of rotatable bonds is 1. The van der Waals surface area contributed by atoms with Crippen LogP contribution in [0.25, 0.3) is 0 Å². The molecule has 0 aromatic heterocycles. The number of nitrogens with zero attached hydrogens (tertiary/aromatic N) is 1. The molecule has 11 heavy (non-hydrogen) atoms. The fourth-order valence-electron chi connectivity index (χ4n) is 2.42. The molecule has 64 valence electrons. The van der Waals surface area contributed by atoms with Crippen LogP contribution >= 0.6 is 0 Å². The summed E-state index contributed by atoms with van der Waals surface area (Å²) in [6.45, 7) is 8.52. The first-order chi connectivity index (χ1) is 5.11. The highest BCUT2D eigenvalue weighted by Crippen LogP contribution is 2.50. The van der Waals surface area contributed by atoms with Crippen molar-refractivity contribution in [1.82, 2.24) is 4.90 Å². The summed E-state index contributed by atoms with van der Waals surface area (Å²) in [7, 11) is 0. The molecule has 2 fully saturated rings. The van der Waals surface area contributed by atoms with Gasteiger partial charge < -0.3 is 0 Å². The molecule has 2 rings (SSSR count). The normalized spacial score (nSPS) is 42.8. The van der Waals surface area contributed by atoms with Crippen LogP contribution in [0.2, 0.25) is 0 Å². The van der Waals surface area contributed by atoms with E-state index in [0.29, 0.717) is 5.41 Å². The Labute approximate surface area is 69.8 Å². The van der Waals surface area contributed by atoms with Gasteiger partial charge in [-0.25, -0.2) is 0 Å². The zero-order valence-corrected chi connectivity index (χ0v) is 7.93. The molecule has 0 aromatic rings. The lowest BCUT2D eigenvalue weighted by Gasteiger charge is -2.22. The minimum absolute atomic E-state index is 0.638. The quantitative estimate of drug-likeness (QED) is 0.558. The summed E-state index contributed by atoms with van der Waals surface area (Å²) in [5.74, 6) is 0. The van der Waals surface area contributed by atoms with Gasteiger partial charge in [0.15, 0.2) is 0 Å². The van der Waals surface area contributed by atoms with Crippen molar-refractivity contribution in [3.05, 3.63) is 0 Å². The lowest BCUT2D eigenvalue weighted by atomic mass is 10.1. The summed E-state index contributed by atoms with van der Waals surface area (Å²) in [4.78, 5) is 2.71. The van der Waals surface area contributed by atoms with E-state index in [9.17, 15) is 0 Å². The first-order valence-corrected chi connectivity index (χ1v) is 4.87. The number of hydrogen-bond acceptors (Lipinski definition) is 1. The molecular formula is C10H19N. The zero-order chi connectivity index (χ0) is 8.06. The molecule has 1 saturated heterocycles. The van der Waals surface area contributed by atoms with Crippen molar-refractivity contribution >= 4 is 0 Å². The Hall–Kier alpha value is -0.0400. The van der Waals surface area contributed by atoms with Gasteiger partial charge in [-0.2, -0.15) is 0 Å². The van der Waals surface area contributed by atoms with E-state index >= 15 is 0 Å². The zero-order valence-electron chi connectivity index (χ0n) is 7.93. The van der Waals surface area contributed by atoms with Gasteiger partial charge in [-0.05, 0) is 38.1 Å². The van der Waals surface area contributed by atoms with Crippen molar-refractivity contribution in [2.24, 2.45) is 5.41 Å². The Balaban J connectivity index is 1.97. The second kappa shape index (κ2) is 2.22. The third kappa shape index (κ3) is 1.20. The van der Waals surface area contributed by atoms with Gasteiger partial charge in [0.2, 0.25) is 0 Å². The highest BCUT2D eigenvalue weighted by Gasteiger charge is 2.50. The lowest BCUT2D eigenvalue weighted by Crippen LogP contribution is -2.31. The fourth-order valence-corrected chi connectivity index (χ4v) is 2.42.